The zero-order valence-corrected chi connectivity index (χ0v) is 12.6. The van der Waals surface area contributed by atoms with Crippen LogP contribution in [-0.2, 0) is 11.2 Å². The number of likely N-dealkylation sites (tertiary alicyclic amines) is 1. The number of carbonyl (C=O) groups excluding carboxylic acids is 1. The van der Waals surface area contributed by atoms with Crippen molar-refractivity contribution in [1.82, 2.24) is 4.90 Å². The molecule has 2 aliphatic rings. The normalized spacial score (nSPS) is 28.7. The van der Waals surface area contributed by atoms with Crippen molar-refractivity contribution in [1.29, 1.82) is 0 Å². The number of ether oxygens (including phenoxy) is 1. The fraction of sp³-hybridized carbons (Fsp3) is 0.588. The Balaban J connectivity index is 1.74. The molecule has 0 aromatic heterocycles. The second-order valence-electron chi connectivity index (χ2n) is 6.27. The molecule has 0 radical (unpaired) electrons. The number of rotatable bonds is 2. The van der Waals surface area contributed by atoms with Gasteiger partial charge in [-0.25, -0.2) is 0 Å². The first-order valence-electron chi connectivity index (χ1n) is 7.92. The molecule has 1 aromatic carbocycles. The second kappa shape index (κ2) is 6.06. The number of hydrogen-bond acceptors (Lipinski definition) is 3. The quantitative estimate of drug-likeness (QED) is 0.903. The molecule has 3 rings (SSSR count). The van der Waals surface area contributed by atoms with Gasteiger partial charge >= 0.3 is 0 Å². The highest BCUT2D eigenvalue weighted by atomic mass is 16.5. The standard InChI is InChI=1S/C17H24N2O2/c1-12-5-4-8-19(15(12)10-18)17(20)14-9-13-6-2-3-7-16(13)21-11-14/h2-3,6-7,12,14-15H,4-5,8-11,18H2,1H3. The summed E-state index contributed by atoms with van der Waals surface area (Å²) in [5, 5.41) is 0. The summed E-state index contributed by atoms with van der Waals surface area (Å²) in [5.74, 6) is 1.55. The first-order valence-corrected chi connectivity index (χ1v) is 7.92. The van der Waals surface area contributed by atoms with Crippen LogP contribution < -0.4 is 10.5 Å². The van der Waals surface area contributed by atoms with Gasteiger partial charge in [-0.1, -0.05) is 25.1 Å². The first kappa shape index (κ1) is 14.4. The van der Waals surface area contributed by atoms with Crippen LogP contribution in [0.25, 0.3) is 0 Å². The summed E-state index contributed by atoms with van der Waals surface area (Å²) in [6.07, 6.45) is 3.01. The van der Waals surface area contributed by atoms with Gasteiger partial charge in [0.15, 0.2) is 0 Å². The number of para-hydroxylation sites is 1. The van der Waals surface area contributed by atoms with Crippen LogP contribution >= 0.6 is 0 Å². The van der Waals surface area contributed by atoms with Crippen LogP contribution in [0.2, 0.25) is 0 Å². The molecule has 1 fully saturated rings. The van der Waals surface area contributed by atoms with Crippen molar-refractivity contribution in [3.8, 4) is 5.75 Å². The van der Waals surface area contributed by atoms with Crippen LogP contribution in [0.3, 0.4) is 0 Å². The number of fused-ring (bicyclic) bond motifs is 1. The summed E-state index contributed by atoms with van der Waals surface area (Å²) in [4.78, 5) is 14.9. The van der Waals surface area contributed by atoms with Gasteiger partial charge in [0.2, 0.25) is 5.91 Å². The van der Waals surface area contributed by atoms with Crippen molar-refractivity contribution < 1.29 is 9.53 Å². The highest BCUT2D eigenvalue weighted by Crippen LogP contribution is 2.30. The van der Waals surface area contributed by atoms with Crippen LogP contribution in [0.1, 0.15) is 25.3 Å². The number of piperidine rings is 1. The Morgan fingerprint density at radius 2 is 2.24 bits per heavy atom. The highest BCUT2D eigenvalue weighted by molar-refractivity contribution is 5.80. The van der Waals surface area contributed by atoms with Gasteiger partial charge < -0.3 is 15.4 Å². The average molecular weight is 288 g/mol. The minimum absolute atomic E-state index is 0.0701. The molecule has 4 heteroatoms. The molecule has 3 atom stereocenters. The summed E-state index contributed by atoms with van der Waals surface area (Å²) in [6.45, 7) is 4.07. The Morgan fingerprint density at radius 1 is 1.43 bits per heavy atom. The molecule has 2 aliphatic heterocycles. The first-order chi connectivity index (χ1) is 10.2. The summed E-state index contributed by atoms with van der Waals surface area (Å²) in [5.41, 5.74) is 7.04. The zero-order chi connectivity index (χ0) is 14.8. The Kier molecular flexibility index (Phi) is 4.15. The van der Waals surface area contributed by atoms with E-state index in [4.69, 9.17) is 10.5 Å². The molecule has 0 saturated carbocycles. The predicted molar refractivity (Wildman–Crippen MR) is 82.1 cm³/mol. The second-order valence-corrected chi connectivity index (χ2v) is 6.27. The lowest BCUT2D eigenvalue weighted by Gasteiger charge is -2.41. The molecule has 21 heavy (non-hydrogen) atoms. The summed E-state index contributed by atoms with van der Waals surface area (Å²) < 4.78 is 5.76. The van der Waals surface area contributed by atoms with E-state index >= 15 is 0 Å². The average Bonchev–Trinajstić information content (AvgIpc) is 2.53. The summed E-state index contributed by atoms with van der Waals surface area (Å²) in [6, 6.07) is 8.18. The number of hydrogen-bond donors (Lipinski definition) is 1. The van der Waals surface area contributed by atoms with Crippen LogP contribution in [0.5, 0.6) is 5.75 Å². The SMILES string of the molecule is CC1CCCN(C(=O)C2COc3ccccc3C2)C1CN. The van der Waals surface area contributed by atoms with E-state index in [9.17, 15) is 4.79 Å². The van der Waals surface area contributed by atoms with E-state index in [1.54, 1.807) is 0 Å². The minimum Gasteiger partial charge on any atom is -0.492 e. The van der Waals surface area contributed by atoms with Gasteiger partial charge in [-0.15, -0.1) is 0 Å². The zero-order valence-electron chi connectivity index (χ0n) is 12.6. The molecule has 2 heterocycles. The number of amides is 1. The van der Waals surface area contributed by atoms with Crippen molar-refractivity contribution in [2.75, 3.05) is 19.7 Å². The third-order valence-electron chi connectivity index (χ3n) is 4.87. The van der Waals surface area contributed by atoms with Crippen molar-refractivity contribution in [3.63, 3.8) is 0 Å². The van der Waals surface area contributed by atoms with E-state index in [0.717, 1.165) is 37.1 Å². The lowest BCUT2D eigenvalue weighted by Crippen LogP contribution is -2.54. The minimum atomic E-state index is -0.0701. The molecule has 1 amide bonds. The van der Waals surface area contributed by atoms with E-state index < -0.39 is 0 Å². The molecule has 2 N–H and O–H groups in total. The summed E-state index contributed by atoms with van der Waals surface area (Å²) >= 11 is 0. The third kappa shape index (κ3) is 2.77. The molecule has 1 aromatic rings. The maximum atomic E-state index is 12.9. The van der Waals surface area contributed by atoms with Crippen molar-refractivity contribution in [2.45, 2.75) is 32.2 Å². The third-order valence-corrected chi connectivity index (χ3v) is 4.87. The van der Waals surface area contributed by atoms with E-state index in [2.05, 4.69) is 6.92 Å². The maximum Gasteiger partial charge on any atom is 0.229 e. The van der Waals surface area contributed by atoms with Gasteiger partial charge in [0.05, 0.1) is 5.92 Å². The molecule has 0 bridgehead atoms. The maximum absolute atomic E-state index is 12.9. The van der Waals surface area contributed by atoms with Gasteiger partial charge in [-0.05, 0) is 36.8 Å². The van der Waals surface area contributed by atoms with Gasteiger partial charge in [-0.3, -0.25) is 4.79 Å². The summed E-state index contributed by atoms with van der Waals surface area (Å²) in [7, 11) is 0. The molecule has 3 unspecified atom stereocenters. The van der Waals surface area contributed by atoms with Crippen LogP contribution in [0, 0.1) is 11.8 Å². The van der Waals surface area contributed by atoms with Gasteiger partial charge in [0, 0.05) is 19.1 Å². The smallest absolute Gasteiger partial charge is 0.229 e. The lowest BCUT2D eigenvalue weighted by molar-refractivity contribution is -0.141. The predicted octanol–water partition coefficient (Wildman–Crippen LogP) is 1.82. The molecule has 0 spiro atoms. The molecular weight excluding hydrogens is 264 g/mol. The fourth-order valence-corrected chi connectivity index (χ4v) is 3.60. The number of nitrogens with zero attached hydrogens (tertiary/aromatic N) is 1. The fourth-order valence-electron chi connectivity index (χ4n) is 3.60. The van der Waals surface area contributed by atoms with Crippen molar-refractivity contribution in [3.05, 3.63) is 29.8 Å². The van der Waals surface area contributed by atoms with E-state index in [1.807, 2.05) is 29.2 Å². The number of nitrogens with two attached hydrogens (primary N) is 1. The van der Waals surface area contributed by atoms with E-state index in [1.165, 1.54) is 0 Å². The lowest BCUT2D eigenvalue weighted by atomic mass is 9.88. The van der Waals surface area contributed by atoms with Crippen LogP contribution in [-0.4, -0.2) is 36.5 Å². The van der Waals surface area contributed by atoms with Crippen LogP contribution in [0.4, 0.5) is 0 Å². The van der Waals surface area contributed by atoms with Gasteiger partial charge in [-0.2, -0.15) is 0 Å². The molecule has 4 nitrogen and oxygen atoms in total. The number of carbonyl (C=O) groups is 1. The Morgan fingerprint density at radius 3 is 3.05 bits per heavy atom. The Bertz CT molecular complexity index is 517. The molecule has 114 valence electrons. The highest BCUT2D eigenvalue weighted by Gasteiger charge is 2.36. The van der Waals surface area contributed by atoms with Gasteiger partial charge in [0.25, 0.3) is 0 Å². The van der Waals surface area contributed by atoms with E-state index in [-0.39, 0.29) is 17.9 Å². The van der Waals surface area contributed by atoms with Crippen molar-refractivity contribution >= 4 is 5.91 Å². The largest absolute Gasteiger partial charge is 0.492 e. The van der Waals surface area contributed by atoms with E-state index in [0.29, 0.717) is 19.1 Å². The van der Waals surface area contributed by atoms with Crippen molar-refractivity contribution in [2.24, 2.45) is 17.6 Å². The monoisotopic (exact) mass is 288 g/mol. The Labute approximate surface area is 126 Å². The molecular formula is C17H24N2O2. The topological polar surface area (TPSA) is 55.6 Å². The van der Waals surface area contributed by atoms with Crippen LogP contribution in [0.15, 0.2) is 24.3 Å². The number of benzene rings is 1. The Hall–Kier alpha value is -1.55. The van der Waals surface area contributed by atoms with Gasteiger partial charge in [0.1, 0.15) is 12.4 Å². The molecule has 1 saturated heterocycles. The molecule has 0 aliphatic carbocycles.